The first-order valence-electron chi connectivity index (χ1n) is 9.81. The minimum Gasteiger partial charge on any atom is -0.387 e. The van der Waals surface area contributed by atoms with Crippen LogP contribution < -0.4 is 10.5 Å². The van der Waals surface area contributed by atoms with Gasteiger partial charge in [-0.1, -0.05) is 48.5 Å². The molecule has 2 aromatic carbocycles. The van der Waals surface area contributed by atoms with E-state index in [-0.39, 0.29) is 12.1 Å². The molecule has 0 bridgehead atoms. The molecule has 1 aliphatic heterocycles. The molecule has 1 aliphatic rings. The van der Waals surface area contributed by atoms with Crippen LogP contribution in [-0.4, -0.2) is 26.2 Å². The molecule has 5 rings (SSSR count). The maximum atomic E-state index is 13.0. The van der Waals surface area contributed by atoms with Gasteiger partial charge < -0.3 is 10.0 Å². The van der Waals surface area contributed by atoms with Crippen molar-refractivity contribution in [3.05, 3.63) is 107 Å². The van der Waals surface area contributed by atoms with Gasteiger partial charge in [-0.3, -0.25) is 14.3 Å². The van der Waals surface area contributed by atoms with E-state index < -0.39 is 6.10 Å². The summed E-state index contributed by atoms with van der Waals surface area (Å²) >= 11 is 0. The van der Waals surface area contributed by atoms with Crippen molar-refractivity contribution in [2.24, 2.45) is 0 Å². The molecule has 6 heteroatoms. The van der Waals surface area contributed by atoms with E-state index in [1.807, 2.05) is 71.6 Å². The van der Waals surface area contributed by atoms with Crippen molar-refractivity contribution in [3.8, 4) is 11.3 Å². The van der Waals surface area contributed by atoms with E-state index in [1.165, 1.54) is 0 Å². The number of benzene rings is 2. The zero-order valence-electron chi connectivity index (χ0n) is 16.2. The van der Waals surface area contributed by atoms with E-state index in [4.69, 9.17) is 4.98 Å². The molecule has 3 heterocycles. The maximum Gasteiger partial charge on any atom is 0.255 e. The van der Waals surface area contributed by atoms with Gasteiger partial charge in [-0.05, 0) is 29.3 Å². The summed E-state index contributed by atoms with van der Waals surface area (Å²) in [5.41, 5.74) is 4.08. The summed E-state index contributed by atoms with van der Waals surface area (Å²) in [5.74, 6) is 0.531. The van der Waals surface area contributed by atoms with Crippen LogP contribution in [0, 0.1) is 0 Å². The van der Waals surface area contributed by atoms with Crippen molar-refractivity contribution in [2.45, 2.75) is 12.6 Å². The second-order valence-electron chi connectivity index (χ2n) is 7.27. The minimum absolute atomic E-state index is 0.125. The predicted octanol–water partition coefficient (Wildman–Crippen LogP) is 3.54. The molecule has 4 aromatic rings. The lowest BCUT2D eigenvalue weighted by Gasteiger charge is -2.34. The van der Waals surface area contributed by atoms with Gasteiger partial charge in [0.2, 0.25) is 5.95 Å². The minimum atomic E-state index is -0.729. The van der Waals surface area contributed by atoms with Crippen LogP contribution in [0.3, 0.4) is 0 Å². The molecule has 0 saturated carbocycles. The normalized spacial score (nSPS) is 13.4. The fraction of sp³-hybridized carbons (Fsp3) is 0.125. The average molecular weight is 396 g/mol. The second-order valence-corrected chi connectivity index (χ2v) is 7.27. The Kier molecular flexibility index (Phi) is 4.61. The molecule has 1 atom stereocenters. The van der Waals surface area contributed by atoms with Gasteiger partial charge in [0.1, 0.15) is 0 Å². The van der Waals surface area contributed by atoms with Crippen molar-refractivity contribution in [1.82, 2.24) is 14.5 Å². The SMILES string of the molecule is O=c1cc(-c2ccncc2)nc2n1Cc1ccccc1N2CC(O)c1ccccc1. The number of aliphatic hydroxyl groups is 1. The quantitative estimate of drug-likeness (QED) is 0.571. The maximum absolute atomic E-state index is 13.0. The first-order chi connectivity index (χ1) is 14.7. The zero-order chi connectivity index (χ0) is 20.5. The van der Waals surface area contributed by atoms with Gasteiger partial charge in [0.05, 0.1) is 24.9 Å². The number of hydrogen-bond donors (Lipinski definition) is 1. The Morgan fingerprint density at radius 1 is 0.967 bits per heavy atom. The summed E-state index contributed by atoms with van der Waals surface area (Å²) in [7, 11) is 0. The summed E-state index contributed by atoms with van der Waals surface area (Å²) in [4.78, 5) is 23.8. The smallest absolute Gasteiger partial charge is 0.255 e. The third-order valence-corrected chi connectivity index (χ3v) is 5.36. The van der Waals surface area contributed by atoms with Crippen molar-refractivity contribution in [3.63, 3.8) is 0 Å². The molecular weight excluding hydrogens is 376 g/mol. The van der Waals surface area contributed by atoms with Crippen molar-refractivity contribution in [2.75, 3.05) is 11.4 Å². The molecule has 0 radical (unpaired) electrons. The van der Waals surface area contributed by atoms with Gasteiger partial charge in [-0.2, -0.15) is 0 Å². The summed E-state index contributed by atoms with van der Waals surface area (Å²) in [5, 5.41) is 10.9. The first-order valence-corrected chi connectivity index (χ1v) is 9.81. The zero-order valence-corrected chi connectivity index (χ0v) is 16.2. The highest BCUT2D eigenvalue weighted by Crippen LogP contribution is 2.35. The van der Waals surface area contributed by atoms with E-state index in [9.17, 15) is 9.90 Å². The summed E-state index contributed by atoms with van der Waals surface area (Å²) in [6.07, 6.45) is 2.63. The lowest BCUT2D eigenvalue weighted by atomic mass is 10.1. The number of nitrogens with zero attached hydrogens (tertiary/aromatic N) is 4. The fourth-order valence-electron chi connectivity index (χ4n) is 3.84. The Balaban J connectivity index is 1.63. The molecular formula is C24H20N4O2. The van der Waals surface area contributed by atoms with Gasteiger partial charge >= 0.3 is 0 Å². The van der Waals surface area contributed by atoms with Crippen LogP contribution in [0.15, 0.2) is 90.0 Å². The van der Waals surface area contributed by atoms with Crippen LogP contribution >= 0.6 is 0 Å². The molecule has 148 valence electrons. The Morgan fingerprint density at radius 3 is 2.50 bits per heavy atom. The molecule has 0 saturated heterocycles. The van der Waals surface area contributed by atoms with Crippen LogP contribution in [0.4, 0.5) is 11.6 Å². The van der Waals surface area contributed by atoms with E-state index in [1.54, 1.807) is 23.0 Å². The Morgan fingerprint density at radius 2 is 1.70 bits per heavy atom. The molecule has 0 amide bonds. The van der Waals surface area contributed by atoms with Gasteiger partial charge in [-0.25, -0.2) is 4.98 Å². The van der Waals surface area contributed by atoms with E-state index in [0.717, 1.165) is 22.4 Å². The van der Waals surface area contributed by atoms with Crippen LogP contribution in [-0.2, 0) is 6.54 Å². The summed E-state index contributed by atoms with van der Waals surface area (Å²) in [6, 6.07) is 22.7. The van der Waals surface area contributed by atoms with Gasteiger partial charge in [0.25, 0.3) is 5.56 Å². The number of β-amino-alcohol motifs (C(OH)–C–C–N with tert-alkyl or cyclic N) is 1. The Hall–Kier alpha value is -3.77. The topological polar surface area (TPSA) is 71.2 Å². The summed E-state index contributed by atoms with van der Waals surface area (Å²) in [6.45, 7) is 0.735. The molecule has 0 spiro atoms. The van der Waals surface area contributed by atoms with Crippen LogP contribution in [0.25, 0.3) is 11.3 Å². The van der Waals surface area contributed by atoms with Gasteiger partial charge in [-0.15, -0.1) is 0 Å². The molecule has 0 fully saturated rings. The highest BCUT2D eigenvalue weighted by Gasteiger charge is 2.27. The fourth-order valence-corrected chi connectivity index (χ4v) is 3.84. The highest BCUT2D eigenvalue weighted by atomic mass is 16.3. The predicted molar refractivity (Wildman–Crippen MR) is 116 cm³/mol. The number of aliphatic hydroxyl groups excluding tert-OH is 1. The van der Waals surface area contributed by atoms with Crippen molar-refractivity contribution < 1.29 is 5.11 Å². The number of pyridine rings is 1. The highest BCUT2D eigenvalue weighted by molar-refractivity contribution is 5.68. The average Bonchev–Trinajstić information content (AvgIpc) is 2.80. The van der Waals surface area contributed by atoms with Crippen LogP contribution in [0.2, 0.25) is 0 Å². The summed E-state index contributed by atoms with van der Waals surface area (Å²) < 4.78 is 1.66. The van der Waals surface area contributed by atoms with Crippen LogP contribution in [0.1, 0.15) is 17.2 Å². The monoisotopic (exact) mass is 396 g/mol. The van der Waals surface area contributed by atoms with E-state index in [2.05, 4.69) is 4.98 Å². The number of hydrogen-bond acceptors (Lipinski definition) is 5. The van der Waals surface area contributed by atoms with Gasteiger partial charge in [0.15, 0.2) is 0 Å². The standard InChI is InChI=1S/C24H20N4O2/c29-22(18-6-2-1-3-7-18)16-27-21-9-5-4-8-19(21)15-28-23(30)14-20(26-24(27)28)17-10-12-25-13-11-17/h1-14,22,29H,15-16H2. The Labute approximate surface area is 173 Å². The van der Waals surface area contributed by atoms with Crippen molar-refractivity contribution in [1.29, 1.82) is 0 Å². The van der Waals surface area contributed by atoms with E-state index >= 15 is 0 Å². The van der Waals surface area contributed by atoms with Crippen molar-refractivity contribution >= 4 is 11.6 Å². The number of fused-ring (bicyclic) bond motifs is 2. The molecule has 1 unspecified atom stereocenters. The molecule has 2 aromatic heterocycles. The second kappa shape index (κ2) is 7.57. The number of anilines is 2. The third-order valence-electron chi connectivity index (χ3n) is 5.36. The molecule has 1 N–H and O–H groups in total. The lowest BCUT2D eigenvalue weighted by Crippen LogP contribution is -2.37. The molecule has 6 nitrogen and oxygen atoms in total. The van der Waals surface area contributed by atoms with Gasteiger partial charge in [0, 0.05) is 29.7 Å². The number of para-hydroxylation sites is 1. The lowest BCUT2D eigenvalue weighted by molar-refractivity contribution is 0.185. The number of aromatic nitrogens is 3. The largest absolute Gasteiger partial charge is 0.387 e. The Bertz CT molecular complexity index is 1240. The first kappa shape index (κ1) is 18.3. The number of rotatable bonds is 4. The molecule has 30 heavy (non-hydrogen) atoms. The van der Waals surface area contributed by atoms with Crippen LogP contribution in [0.5, 0.6) is 0 Å². The third kappa shape index (κ3) is 3.27. The molecule has 0 aliphatic carbocycles. The van der Waals surface area contributed by atoms with E-state index in [0.29, 0.717) is 18.2 Å².